The highest BCUT2D eigenvalue weighted by Gasteiger charge is 2.27. The minimum absolute atomic E-state index is 0.353. The number of fused-ring (bicyclic) bond motifs is 1. The first-order chi connectivity index (χ1) is 9.61. The molecule has 0 saturated carbocycles. The van der Waals surface area contributed by atoms with Crippen molar-refractivity contribution in [2.75, 3.05) is 11.4 Å². The molecule has 0 saturated heterocycles. The van der Waals surface area contributed by atoms with Crippen LogP contribution in [0.3, 0.4) is 0 Å². The molecule has 0 aliphatic carbocycles. The van der Waals surface area contributed by atoms with E-state index in [1.165, 1.54) is 10.4 Å². The zero-order chi connectivity index (χ0) is 14.3. The number of rotatable bonds is 2. The number of nitrogens with zero attached hydrogens (tertiary/aromatic N) is 3. The number of anilines is 1. The zero-order valence-corrected chi connectivity index (χ0v) is 13.6. The van der Waals surface area contributed by atoms with Gasteiger partial charge in [-0.2, -0.15) is 0 Å². The molecule has 5 heteroatoms. The SMILES string of the molecule is CCc1nc(Cl)nc(N2CCc3ccsc3C2C)c1C. The van der Waals surface area contributed by atoms with Gasteiger partial charge < -0.3 is 4.90 Å². The molecule has 1 unspecified atom stereocenters. The van der Waals surface area contributed by atoms with Gasteiger partial charge in [-0.1, -0.05) is 6.92 Å². The van der Waals surface area contributed by atoms with Crippen molar-refractivity contribution in [3.05, 3.63) is 38.4 Å². The lowest BCUT2D eigenvalue weighted by Gasteiger charge is -2.35. The van der Waals surface area contributed by atoms with E-state index in [9.17, 15) is 0 Å². The molecule has 2 aromatic heterocycles. The normalized spacial score (nSPS) is 18.2. The molecule has 3 rings (SSSR count). The topological polar surface area (TPSA) is 29.0 Å². The molecule has 1 aliphatic heterocycles. The second-order valence-corrected chi connectivity index (χ2v) is 6.46. The van der Waals surface area contributed by atoms with Gasteiger partial charge in [-0.3, -0.25) is 0 Å². The molecule has 0 radical (unpaired) electrons. The summed E-state index contributed by atoms with van der Waals surface area (Å²) in [4.78, 5) is 12.6. The summed E-state index contributed by atoms with van der Waals surface area (Å²) >= 11 is 7.93. The van der Waals surface area contributed by atoms with Crippen LogP contribution in [0.5, 0.6) is 0 Å². The van der Waals surface area contributed by atoms with Gasteiger partial charge in [0.15, 0.2) is 0 Å². The second kappa shape index (κ2) is 5.34. The second-order valence-electron chi connectivity index (χ2n) is 5.17. The smallest absolute Gasteiger partial charge is 0.224 e. The van der Waals surface area contributed by atoms with Gasteiger partial charge in [-0.25, -0.2) is 9.97 Å². The predicted molar refractivity (Wildman–Crippen MR) is 84.9 cm³/mol. The van der Waals surface area contributed by atoms with Gasteiger partial charge in [0.05, 0.1) is 11.7 Å². The molecule has 0 fully saturated rings. The van der Waals surface area contributed by atoms with E-state index < -0.39 is 0 Å². The number of aromatic nitrogens is 2. The van der Waals surface area contributed by atoms with Crippen LogP contribution in [-0.4, -0.2) is 16.5 Å². The van der Waals surface area contributed by atoms with E-state index in [1.807, 2.05) is 11.3 Å². The fourth-order valence-electron chi connectivity index (χ4n) is 2.93. The van der Waals surface area contributed by atoms with Crippen LogP contribution in [0.2, 0.25) is 5.28 Å². The third-order valence-corrected chi connectivity index (χ3v) is 5.35. The molecule has 0 aromatic carbocycles. The molecule has 20 heavy (non-hydrogen) atoms. The Labute approximate surface area is 128 Å². The lowest BCUT2D eigenvalue weighted by atomic mass is 10.0. The Morgan fingerprint density at radius 2 is 2.25 bits per heavy atom. The number of hydrogen-bond acceptors (Lipinski definition) is 4. The van der Waals surface area contributed by atoms with Gasteiger partial charge in [-0.05, 0) is 55.3 Å². The van der Waals surface area contributed by atoms with E-state index in [2.05, 4.69) is 47.1 Å². The molecule has 3 heterocycles. The lowest BCUT2D eigenvalue weighted by molar-refractivity contribution is 0.625. The molecule has 1 atom stereocenters. The van der Waals surface area contributed by atoms with E-state index in [0.717, 1.165) is 36.5 Å². The van der Waals surface area contributed by atoms with Crippen LogP contribution in [0, 0.1) is 6.92 Å². The van der Waals surface area contributed by atoms with Gasteiger partial charge in [0.2, 0.25) is 5.28 Å². The highest BCUT2D eigenvalue weighted by atomic mass is 35.5. The van der Waals surface area contributed by atoms with Crippen molar-refractivity contribution in [1.29, 1.82) is 0 Å². The molecular weight excluding hydrogens is 290 g/mol. The summed E-state index contributed by atoms with van der Waals surface area (Å²) in [7, 11) is 0. The van der Waals surface area contributed by atoms with E-state index in [4.69, 9.17) is 11.6 Å². The molecule has 0 spiro atoms. The van der Waals surface area contributed by atoms with Crippen LogP contribution in [0.4, 0.5) is 5.82 Å². The van der Waals surface area contributed by atoms with Crippen molar-refractivity contribution >= 4 is 28.8 Å². The third kappa shape index (κ3) is 2.21. The molecule has 106 valence electrons. The Morgan fingerprint density at radius 3 is 3.00 bits per heavy atom. The summed E-state index contributed by atoms with van der Waals surface area (Å²) in [5, 5.41) is 2.54. The summed E-state index contributed by atoms with van der Waals surface area (Å²) in [5.41, 5.74) is 3.68. The quantitative estimate of drug-likeness (QED) is 0.779. The van der Waals surface area contributed by atoms with Crippen molar-refractivity contribution in [2.45, 2.75) is 39.7 Å². The summed E-state index contributed by atoms with van der Waals surface area (Å²) in [6.45, 7) is 7.44. The summed E-state index contributed by atoms with van der Waals surface area (Å²) in [6.07, 6.45) is 1.96. The predicted octanol–water partition coefficient (Wildman–Crippen LogP) is 4.19. The number of thiophene rings is 1. The summed E-state index contributed by atoms with van der Waals surface area (Å²) < 4.78 is 0. The van der Waals surface area contributed by atoms with Gasteiger partial charge in [0.1, 0.15) is 5.82 Å². The van der Waals surface area contributed by atoms with Gasteiger partial charge in [0.25, 0.3) is 0 Å². The highest BCUT2D eigenvalue weighted by molar-refractivity contribution is 7.10. The van der Waals surface area contributed by atoms with Crippen LogP contribution >= 0.6 is 22.9 Å². The summed E-state index contributed by atoms with van der Waals surface area (Å²) in [6, 6.07) is 2.60. The Morgan fingerprint density at radius 1 is 1.45 bits per heavy atom. The van der Waals surface area contributed by atoms with Crippen molar-refractivity contribution in [1.82, 2.24) is 9.97 Å². The minimum atomic E-state index is 0.353. The van der Waals surface area contributed by atoms with E-state index in [-0.39, 0.29) is 0 Å². The van der Waals surface area contributed by atoms with Crippen LogP contribution < -0.4 is 4.90 Å². The van der Waals surface area contributed by atoms with Crippen molar-refractivity contribution < 1.29 is 0 Å². The van der Waals surface area contributed by atoms with Gasteiger partial charge in [0, 0.05) is 17.0 Å². The van der Waals surface area contributed by atoms with Crippen molar-refractivity contribution in [2.24, 2.45) is 0 Å². The molecule has 3 nitrogen and oxygen atoms in total. The van der Waals surface area contributed by atoms with Gasteiger partial charge >= 0.3 is 0 Å². The molecular formula is C15H18ClN3S. The monoisotopic (exact) mass is 307 g/mol. The average Bonchev–Trinajstić information content (AvgIpc) is 2.91. The van der Waals surface area contributed by atoms with Crippen molar-refractivity contribution in [3.63, 3.8) is 0 Å². The Bertz CT molecular complexity index is 638. The molecule has 0 amide bonds. The third-order valence-electron chi connectivity index (χ3n) is 4.05. The Kier molecular flexibility index (Phi) is 3.69. The average molecular weight is 308 g/mol. The fraction of sp³-hybridized carbons (Fsp3) is 0.467. The number of aryl methyl sites for hydroxylation is 1. The standard InChI is InChI=1S/C15H18ClN3S/c1-4-12-9(2)14(18-15(16)17-12)19-7-5-11-6-8-20-13(11)10(19)3/h6,8,10H,4-5,7H2,1-3H3. The first kappa shape index (κ1) is 13.8. The molecule has 0 bridgehead atoms. The zero-order valence-electron chi connectivity index (χ0n) is 12.0. The van der Waals surface area contributed by atoms with E-state index in [0.29, 0.717) is 11.3 Å². The van der Waals surface area contributed by atoms with Crippen LogP contribution in [0.15, 0.2) is 11.4 Å². The van der Waals surface area contributed by atoms with Crippen LogP contribution in [0.1, 0.15) is 41.6 Å². The van der Waals surface area contributed by atoms with Crippen LogP contribution in [0.25, 0.3) is 0 Å². The van der Waals surface area contributed by atoms with E-state index in [1.54, 1.807) is 0 Å². The first-order valence-corrected chi connectivity index (χ1v) is 8.23. The Hall–Kier alpha value is -1.13. The molecule has 2 aromatic rings. The first-order valence-electron chi connectivity index (χ1n) is 6.97. The Balaban J connectivity index is 2.04. The van der Waals surface area contributed by atoms with E-state index >= 15 is 0 Å². The fourth-order valence-corrected chi connectivity index (χ4v) is 4.14. The van der Waals surface area contributed by atoms with Crippen molar-refractivity contribution in [3.8, 4) is 0 Å². The summed E-state index contributed by atoms with van der Waals surface area (Å²) in [5.74, 6) is 0.994. The number of hydrogen-bond donors (Lipinski definition) is 0. The maximum Gasteiger partial charge on any atom is 0.224 e. The lowest BCUT2D eigenvalue weighted by Crippen LogP contribution is -2.34. The maximum absolute atomic E-state index is 6.10. The molecule has 0 N–H and O–H groups in total. The largest absolute Gasteiger partial charge is 0.348 e. The molecule has 1 aliphatic rings. The van der Waals surface area contributed by atoms with Crippen LogP contribution in [-0.2, 0) is 12.8 Å². The minimum Gasteiger partial charge on any atom is -0.348 e. The van der Waals surface area contributed by atoms with Gasteiger partial charge in [-0.15, -0.1) is 11.3 Å². The highest BCUT2D eigenvalue weighted by Crippen LogP contribution is 2.37. The maximum atomic E-state index is 6.10. The number of halogens is 1.